The number of carbonyl (C=O) groups excluding carboxylic acids is 3. The van der Waals surface area contributed by atoms with E-state index in [9.17, 15) is 14.4 Å². The minimum atomic E-state index is -0.394. The Balaban J connectivity index is -0.000000221. The Kier molecular flexibility index (Phi) is 18.9. The van der Waals surface area contributed by atoms with Crippen LogP contribution in [0, 0.1) is 0 Å². The van der Waals surface area contributed by atoms with E-state index in [-0.39, 0.29) is 5.97 Å². The lowest BCUT2D eigenvalue weighted by Gasteiger charge is -1.96. The van der Waals surface area contributed by atoms with Gasteiger partial charge in [-0.05, 0) is 13.8 Å². The van der Waals surface area contributed by atoms with Crippen LogP contribution < -0.4 is 0 Å². The Morgan fingerprint density at radius 1 is 1.00 bits per heavy atom. The highest BCUT2D eigenvalue weighted by molar-refractivity contribution is 5.86. The van der Waals surface area contributed by atoms with Crippen molar-refractivity contribution in [1.82, 2.24) is 0 Å². The zero-order chi connectivity index (χ0) is 16.6. The van der Waals surface area contributed by atoms with Crippen LogP contribution in [0.15, 0.2) is 37.5 Å². The van der Waals surface area contributed by atoms with E-state index in [1.807, 2.05) is 0 Å². The van der Waals surface area contributed by atoms with Crippen molar-refractivity contribution in [2.24, 2.45) is 0 Å². The standard InChI is InChI=1S/C6H10O2.2C4H6O2/c1-4-8-6(7)5(2)3;2*1-3-4(5)6-2/h2,4H2,1,3H3;2*3H,1H2,2H3. The molecule has 0 unspecified atom stereocenters. The summed E-state index contributed by atoms with van der Waals surface area (Å²) in [6.45, 7) is 13.5. The summed E-state index contributed by atoms with van der Waals surface area (Å²) in [6, 6.07) is 0. The van der Waals surface area contributed by atoms with Crippen molar-refractivity contribution in [2.75, 3.05) is 20.8 Å². The Hall–Kier alpha value is -2.37. The van der Waals surface area contributed by atoms with Gasteiger partial charge in [-0.3, -0.25) is 0 Å². The molecule has 0 heterocycles. The molecule has 0 aromatic carbocycles. The van der Waals surface area contributed by atoms with Crippen molar-refractivity contribution >= 4 is 17.9 Å². The Labute approximate surface area is 119 Å². The molecule has 6 nitrogen and oxygen atoms in total. The highest BCUT2D eigenvalue weighted by atomic mass is 16.5. The fourth-order valence-electron chi connectivity index (χ4n) is 0.421. The first kappa shape index (κ1) is 22.8. The third-order valence-electron chi connectivity index (χ3n) is 1.36. The lowest BCUT2D eigenvalue weighted by Crippen LogP contribution is -2.03. The molecule has 0 atom stereocenters. The third kappa shape index (κ3) is 21.0. The first-order valence-electron chi connectivity index (χ1n) is 5.53. The molecule has 0 aromatic rings. The maximum Gasteiger partial charge on any atom is 0.333 e. The van der Waals surface area contributed by atoms with Crippen LogP contribution in [0.1, 0.15) is 13.8 Å². The maximum absolute atomic E-state index is 10.4. The van der Waals surface area contributed by atoms with Crippen LogP contribution in [0.25, 0.3) is 0 Å². The molecule has 114 valence electrons. The molecule has 0 bridgehead atoms. The Morgan fingerprint density at radius 3 is 1.40 bits per heavy atom. The normalized spacial score (nSPS) is 7.40. The molecule has 0 saturated heterocycles. The summed E-state index contributed by atoms with van der Waals surface area (Å²) in [5.41, 5.74) is 0.451. The Morgan fingerprint density at radius 2 is 1.35 bits per heavy atom. The maximum atomic E-state index is 10.4. The van der Waals surface area contributed by atoms with Crippen molar-refractivity contribution in [1.29, 1.82) is 0 Å². The lowest BCUT2D eigenvalue weighted by molar-refractivity contribution is -0.138. The first-order chi connectivity index (χ1) is 9.30. The van der Waals surface area contributed by atoms with Gasteiger partial charge in [0.1, 0.15) is 0 Å². The minimum absolute atomic E-state index is 0.312. The van der Waals surface area contributed by atoms with Gasteiger partial charge in [-0.15, -0.1) is 0 Å². The molecule has 0 N–H and O–H groups in total. The van der Waals surface area contributed by atoms with Crippen molar-refractivity contribution in [3.63, 3.8) is 0 Å². The number of esters is 3. The van der Waals surface area contributed by atoms with Crippen LogP contribution in [0.4, 0.5) is 0 Å². The van der Waals surface area contributed by atoms with Gasteiger partial charge in [0.05, 0.1) is 20.8 Å². The van der Waals surface area contributed by atoms with Gasteiger partial charge < -0.3 is 14.2 Å². The van der Waals surface area contributed by atoms with Gasteiger partial charge in [0.25, 0.3) is 0 Å². The molecule has 20 heavy (non-hydrogen) atoms. The zero-order valence-electron chi connectivity index (χ0n) is 12.4. The summed E-state index contributed by atoms with van der Waals surface area (Å²) in [5, 5.41) is 0. The highest BCUT2D eigenvalue weighted by Gasteiger charge is 1.98. The van der Waals surface area contributed by atoms with Gasteiger partial charge in [-0.25, -0.2) is 14.4 Å². The van der Waals surface area contributed by atoms with Crippen LogP contribution in [0.5, 0.6) is 0 Å². The van der Waals surface area contributed by atoms with Crippen LogP contribution >= 0.6 is 0 Å². The van der Waals surface area contributed by atoms with Crippen molar-refractivity contribution in [2.45, 2.75) is 13.8 Å². The number of hydrogen-bond acceptors (Lipinski definition) is 6. The third-order valence-corrected chi connectivity index (χ3v) is 1.36. The lowest BCUT2D eigenvalue weighted by atomic mass is 10.4. The largest absolute Gasteiger partial charge is 0.466 e. The van der Waals surface area contributed by atoms with Crippen LogP contribution in [0.3, 0.4) is 0 Å². The molecular weight excluding hydrogens is 264 g/mol. The van der Waals surface area contributed by atoms with Gasteiger partial charge in [-0.2, -0.15) is 0 Å². The smallest absolute Gasteiger partial charge is 0.333 e. The fraction of sp³-hybridized carbons (Fsp3) is 0.357. The predicted octanol–water partition coefficient (Wildman–Crippen LogP) is 1.82. The number of carbonyl (C=O) groups is 3. The molecule has 0 spiro atoms. The van der Waals surface area contributed by atoms with E-state index in [0.29, 0.717) is 12.2 Å². The van der Waals surface area contributed by atoms with E-state index in [1.165, 1.54) is 14.2 Å². The second-order valence-electron chi connectivity index (χ2n) is 2.96. The van der Waals surface area contributed by atoms with Gasteiger partial charge in [-0.1, -0.05) is 19.7 Å². The average molecular weight is 286 g/mol. The molecule has 0 fully saturated rings. The van der Waals surface area contributed by atoms with Crippen LogP contribution in [-0.2, 0) is 28.6 Å². The summed E-state index contributed by atoms with van der Waals surface area (Å²) in [4.78, 5) is 30.1. The molecule has 0 aromatic heterocycles. The van der Waals surface area contributed by atoms with Crippen LogP contribution in [-0.4, -0.2) is 38.7 Å². The molecule has 0 rings (SSSR count). The molecule has 0 amide bonds. The van der Waals surface area contributed by atoms with E-state index >= 15 is 0 Å². The predicted molar refractivity (Wildman–Crippen MR) is 75.9 cm³/mol. The van der Waals surface area contributed by atoms with Gasteiger partial charge in [0.15, 0.2) is 0 Å². The monoisotopic (exact) mass is 286 g/mol. The van der Waals surface area contributed by atoms with Crippen molar-refractivity contribution in [3.8, 4) is 0 Å². The summed E-state index contributed by atoms with van der Waals surface area (Å²) in [6.07, 6.45) is 2.22. The fourth-order valence-corrected chi connectivity index (χ4v) is 0.421. The van der Waals surface area contributed by atoms with E-state index in [2.05, 4.69) is 33.9 Å². The second kappa shape index (κ2) is 16.6. The average Bonchev–Trinajstić information content (AvgIpc) is 2.46. The summed E-state index contributed by atoms with van der Waals surface area (Å²) in [7, 11) is 2.62. The van der Waals surface area contributed by atoms with Gasteiger partial charge >= 0.3 is 17.9 Å². The molecule has 0 aliphatic heterocycles. The molecular formula is C14H22O6. The van der Waals surface area contributed by atoms with E-state index in [1.54, 1.807) is 13.8 Å². The van der Waals surface area contributed by atoms with Crippen LogP contribution in [0.2, 0.25) is 0 Å². The molecule has 0 radical (unpaired) electrons. The second-order valence-corrected chi connectivity index (χ2v) is 2.96. The number of rotatable bonds is 4. The van der Waals surface area contributed by atoms with E-state index in [0.717, 1.165) is 12.2 Å². The van der Waals surface area contributed by atoms with Crippen molar-refractivity contribution in [3.05, 3.63) is 37.5 Å². The quantitative estimate of drug-likeness (QED) is 0.445. The minimum Gasteiger partial charge on any atom is -0.466 e. The van der Waals surface area contributed by atoms with Gasteiger partial charge in [0, 0.05) is 17.7 Å². The number of ether oxygens (including phenoxy) is 3. The number of hydrogen-bond donors (Lipinski definition) is 0. The summed E-state index contributed by atoms with van der Waals surface area (Å²) < 4.78 is 12.8. The first-order valence-corrected chi connectivity index (χ1v) is 5.53. The Bertz CT molecular complexity index is 324. The topological polar surface area (TPSA) is 78.9 Å². The zero-order valence-corrected chi connectivity index (χ0v) is 12.4. The van der Waals surface area contributed by atoms with Crippen molar-refractivity contribution < 1.29 is 28.6 Å². The van der Waals surface area contributed by atoms with E-state index < -0.39 is 11.9 Å². The van der Waals surface area contributed by atoms with Gasteiger partial charge in [0.2, 0.25) is 0 Å². The molecule has 0 aliphatic rings. The molecule has 6 heteroatoms. The number of methoxy groups -OCH3 is 2. The van der Waals surface area contributed by atoms with E-state index in [4.69, 9.17) is 0 Å². The summed E-state index contributed by atoms with van der Waals surface area (Å²) in [5.74, 6) is -1.10. The molecule has 0 aliphatic carbocycles. The highest BCUT2D eigenvalue weighted by Crippen LogP contribution is 1.89. The molecule has 0 saturated carbocycles. The summed E-state index contributed by atoms with van der Waals surface area (Å²) >= 11 is 0. The SMILES string of the molecule is C=C(C)C(=O)OCC.C=CC(=O)OC.C=CC(=O)OC.